The van der Waals surface area contributed by atoms with Gasteiger partial charge in [-0.1, -0.05) is 193 Å². The maximum absolute atomic E-state index is 12.5. The summed E-state index contributed by atoms with van der Waals surface area (Å²) in [7, 11) is -4.27. The largest absolute Gasteiger partial charge is 0.472 e. The molecule has 2 unspecified atom stereocenters. The average molecular weight is 773 g/mol. The van der Waals surface area contributed by atoms with Gasteiger partial charge in [0.1, 0.15) is 6.61 Å². The quantitative estimate of drug-likeness (QED) is 0.0283. The fourth-order valence-corrected chi connectivity index (χ4v) is 7.27. The van der Waals surface area contributed by atoms with Crippen LogP contribution < -0.4 is 0 Å². The number of unbranched alkanes of at least 4 members (excludes halogenated alkanes) is 28. The van der Waals surface area contributed by atoms with E-state index in [1.54, 1.807) is 6.92 Å². The first-order chi connectivity index (χ1) is 25.8. The second-order valence-electron chi connectivity index (χ2n) is 15.1. The zero-order valence-corrected chi connectivity index (χ0v) is 35.8. The normalized spacial score (nSPS) is 13.4. The molecule has 0 fully saturated rings. The summed E-state index contributed by atoms with van der Waals surface area (Å²) in [6, 6.07) is 0. The molecule has 0 bridgehead atoms. The van der Waals surface area contributed by atoms with Crippen molar-refractivity contribution in [2.45, 2.75) is 239 Å². The smallest absolute Gasteiger partial charge is 0.462 e. The van der Waals surface area contributed by atoms with Crippen LogP contribution >= 0.6 is 7.82 Å². The lowest BCUT2D eigenvalue weighted by atomic mass is 10.0. The number of allylic oxidation sites excluding steroid dienone is 2. The molecule has 53 heavy (non-hydrogen) atoms. The first-order valence-electron chi connectivity index (χ1n) is 22.5. The van der Waals surface area contributed by atoms with Crippen molar-refractivity contribution in [3.63, 3.8) is 0 Å². The van der Waals surface area contributed by atoms with E-state index in [4.69, 9.17) is 18.5 Å². The summed E-state index contributed by atoms with van der Waals surface area (Å²) < 4.78 is 32.6. The summed E-state index contributed by atoms with van der Waals surface area (Å²) >= 11 is 0. The van der Waals surface area contributed by atoms with Crippen molar-refractivity contribution in [3.8, 4) is 0 Å². The molecule has 0 saturated carbocycles. The Bertz CT molecular complexity index is 879. The third-order valence-electron chi connectivity index (χ3n) is 9.80. The Labute approximate surface area is 327 Å². The van der Waals surface area contributed by atoms with Gasteiger partial charge in [0, 0.05) is 12.8 Å². The van der Waals surface area contributed by atoms with E-state index in [1.165, 1.54) is 135 Å². The van der Waals surface area contributed by atoms with Gasteiger partial charge in [-0.2, -0.15) is 0 Å². The minimum atomic E-state index is -4.27. The van der Waals surface area contributed by atoms with Crippen LogP contribution in [0.25, 0.3) is 0 Å². The molecule has 0 aliphatic carbocycles. The van der Waals surface area contributed by atoms with Crippen molar-refractivity contribution < 1.29 is 37.6 Å². The van der Waals surface area contributed by atoms with Gasteiger partial charge in [-0.05, 0) is 39.0 Å². The van der Waals surface area contributed by atoms with Crippen LogP contribution in [0.2, 0.25) is 0 Å². The van der Waals surface area contributed by atoms with Crippen LogP contribution in [0.5, 0.6) is 0 Å². The highest BCUT2D eigenvalue weighted by molar-refractivity contribution is 7.47. The molecule has 9 heteroatoms. The molecular formula is C44H85O8P. The molecule has 0 saturated heterocycles. The summed E-state index contributed by atoms with van der Waals surface area (Å²) in [5.74, 6) is -0.799. The molecule has 1 N–H and O–H groups in total. The molecule has 0 aromatic carbocycles. The second kappa shape index (κ2) is 40.5. The topological polar surface area (TPSA) is 108 Å². The maximum Gasteiger partial charge on any atom is 0.472 e. The fourth-order valence-electron chi connectivity index (χ4n) is 6.52. The second-order valence-corrected chi connectivity index (χ2v) is 16.5. The van der Waals surface area contributed by atoms with Gasteiger partial charge in [-0.3, -0.25) is 18.6 Å². The SMILES string of the molecule is CCC/C=C\CCCCCCCC(=O)OC(COC(=O)CCCCCCCCCCCCCCCCCCCCCCCCC)COP(=O)(O)OCC. The van der Waals surface area contributed by atoms with Gasteiger partial charge in [-0.25, -0.2) is 4.57 Å². The summed E-state index contributed by atoms with van der Waals surface area (Å²) in [6.07, 6.45) is 42.9. The Morgan fingerprint density at radius 3 is 1.32 bits per heavy atom. The van der Waals surface area contributed by atoms with Crippen LogP contribution in [0, 0.1) is 0 Å². The minimum absolute atomic E-state index is 0.00180. The third kappa shape index (κ3) is 40.3. The van der Waals surface area contributed by atoms with Gasteiger partial charge in [0.15, 0.2) is 6.10 Å². The summed E-state index contributed by atoms with van der Waals surface area (Å²) in [4.78, 5) is 34.6. The standard InChI is InChI=1S/C44H85O8P/c1-4-7-9-11-13-15-17-18-19-20-21-22-23-24-25-26-27-28-29-31-32-34-36-38-43(45)49-40-42(41-51-53(47,48)50-6-3)52-44(46)39-37-35-33-30-16-14-12-10-8-5-2/h10,12,42H,4-9,11,13-41H2,1-3H3,(H,47,48)/b12-10-. The molecular weight excluding hydrogens is 687 g/mol. The zero-order chi connectivity index (χ0) is 38.9. The number of carbonyl (C=O) groups is 2. The van der Waals surface area contributed by atoms with Crippen LogP contribution in [0.1, 0.15) is 233 Å². The summed E-state index contributed by atoms with van der Waals surface area (Å²) in [5, 5.41) is 0. The van der Waals surface area contributed by atoms with Crippen LogP contribution in [-0.4, -0.2) is 42.8 Å². The number of ether oxygens (including phenoxy) is 2. The van der Waals surface area contributed by atoms with Gasteiger partial charge in [0.05, 0.1) is 13.2 Å². The number of phosphoric acid groups is 1. The number of phosphoric ester groups is 1. The third-order valence-corrected chi connectivity index (χ3v) is 10.9. The highest BCUT2D eigenvalue weighted by Crippen LogP contribution is 2.43. The van der Waals surface area contributed by atoms with E-state index in [0.717, 1.165) is 57.8 Å². The van der Waals surface area contributed by atoms with Crippen LogP contribution in [0.15, 0.2) is 12.2 Å². The molecule has 0 rings (SSSR count). The number of carbonyl (C=O) groups excluding carboxylic acids is 2. The van der Waals surface area contributed by atoms with Gasteiger partial charge in [0.25, 0.3) is 0 Å². The van der Waals surface area contributed by atoms with Gasteiger partial charge in [-0.15, -0.1) is 0 Å². The van der Waals surface area contributed by atoms with Crippen LogP contribution in [0.3, 0.4) is 0 Å². The zero-order valence-electron chi connectivity index (χ0n) is 34.9. The Morgan fingerprint density at radius 1 is 0.491 bits per heavy atom. The van der Waals surface area contributed by atoms with Crippen molar-refractivity contribution in [1.29, 1.82) is 0 Å². The monoisotopic (exact) mass is 773 g/mol. The van der Waals surface area contributed by atoms with Gasteiger partial charge < -0.3 is 14.4 Å². The molecule has 0 heterocycles. The van der Waals surface area contributed by atoms with E-state index >= 15 is 0 Å². The van der Waals surface area contributed by atoms with Crippen molar-refractivity contribution in [2.75, 3.05) is 19.8 Å². The van der Waals surface area contributed by atoms with E-state index in [-0.39, 0.29) is 25.6 Å². The number of hydrogen-bond acceptors (Lipinski definition) is 7. The Kier molecular flexibility index (Phi) is 39.5. The number of hydrogen-bond donors (Lipinski definition) is 1. The molecule has 314 valence electrons. The van der Waals surface area contributed by atoms with Crippen LogP contribution in [-0.2, 0) is 32.7 Å². The van der Waals surface area contributed by atoms with E-state index in [1.807, 2.05) is 0 Å². The van der Waals surface area contributed by atoms with E-state index in [2.05, 4.69) is 26.0 Å². The number of rotatable bonds is 42. The first-order valence-corrected chi connectivity index (χ1v) is 24.0. The van der Waals surface area contributed by atoms with Crippen molar-refractivity contribution >= 4 is 19.8 Å². The van der Waals surface area contributed by atoms with Crippen molar-refractivity contribution in [2.24, 2.45) is 0 Å². The Balaban J connectivity index is 3.89. The highest BCUT2D eigenvalue weighted by atomic mass is 31.2. The lowest BCUT2D eigenvalue weighted by Gasteiger charge is -2.19. The minimum Gasteiger partial charge on any atom is -0.462 e. The predicted molar refractivity (Wildman–Crippen MR) is 221 cm³/mol. The summed E-state index contributed by atoms with van der Waals surface area (Å²) in [6.45, 7) is 5.43. The van der Waals surface area contributed by atoms with E-state index in [0.29, 0.717) is 12.8 Å². The van der Waals surface area contributed by atoms with Gasteiger partial charge in [0.2, 0.25) is 0 Å². The average Bonchev–Trinajstić information content (AvgIpc) is 3.13. The summed E-state index contributed by atoms with van der Waals surface area (Å²) in [5.41, 5.74) is 0. The highest BCUT2D eigenvalue weighted by Gasteiger charge is 2.25. The van der Waals surface area contributed by atoms with Gasteiger partial charge >= 0.3 is 19.8 Å². The van der Waals surface area contributed by atoms with Crippen LogP contribution in [0.4, 0.5) is 0 Å². The molecule has 0 amide bonds. The van der Waals surface area contributed by atoms with E-state index < -0.39 is 26.5 Å². The molecule has 0 aliphatic heterocycles. The van der Waals surface area contributed by atoms with Crippen molar-refractivity contribution in [1.82, 2.24) is 0 Å². The van der Waals surface area contributed by atoms with E-state index in [9.17, 15) is 19.0 Å². The lowest BCUT2D eigenvalue weighted by Crippen LogP contribution is -2.29. The molecule has 8 nitrogen and oxygen atoms in total. The first kappa shape index (κ1) is 51.8. The predicted octanol–water partition coefficient (Wildman–Crippen LogP) is 14.1. The molecule has 0 aromatic heterocycles. The molecule has 0 aromatic rings. The number of esters is 2. The lowest BCUT2D eigenvalue weighted by molar-refractivity contribution is -0.161. The molecule has 0 aliphatic rings. The molecule has 0 radical (unpaired) electrons. The molecule has 2 atom stereocenters. The molecule has 0 spiro atoms. The Morgan fingerprint density at radius 2 is 0.887 bits per heavy atom. The Hall–Kier alpha value is -1.21. The fraction of sp³-hybridized carbons (Fsp3) is 0.909. The van der Waals surface area contributed by atoms with Crippen molar-refractivity contribution in [3.05, 3.63) is 12.2 Å². The maximum atomic E-state index is 12.5.